The van der Waals surface area contributed by atoms with Gasteiger partial charge in [-0.15, -0.1) is 6.58 Å². The number of anilines is 1. The van der Waals surface area contributed by atoms with Crippen LogP contribution in [0.1, 0.15) is 18.9 Å². The van der Waals surface area contributed by atoms with Crippen molar-refractivity contribution in [3.05, 3.63) is 34.8 Å². The molecule has 0 aliphatic heterocycles. The van der Waals surface area contributed by atoms with Crippen molar-refractivity contribution in [1.82, 2.24) is 20.2 Å². The summed E-state index contributed by atoms with van der Waals surface area (Å²) in [5.74, 6) is 2.01. The van der Waals surface area contributed by atoms with Crippen molar-refractivity contribution in [2.24, 2.45) is 0 Å². The van der Waals surface area contributed by atoms with Crippen LogP contribution >= 0.6 is 15.9 Å². The van der Waals surface area contributed by atoms with Gasteiger partial charge >= 0.3 is 0 Å². The first-order valence-electron chi connectivity index (χ1n) is 7.29. The second-order valence-electron chi connectivity index (χ2n) is 4.77. The van der Waals surface area contributed by atoms with Crippen molar-refractivity contribution < 1.29 is 9.47 Å². The third kappa shape index (κ3) is 4.44. The fourth-order valence-corrected chi connectivity index (χ4v) is 2.41. The van der Waals surface area contributed by atoms with Crippen LogP contribution in [0.15, 0.2) is 29.3 Å². The van der Waals surface area contributed by atoms with Crippen LogP contribution in [-0.4, -0.2) is 33.9 Å². The number of ether oxygens (including phenoxy) is 2. The van der Waals surface area contributed by atoms with E-state index in [-0.39, 0.29) is 0 Å². The molecule has 2 rings (SSSR count). The van der Waals surface area contributed by atoms with Crippen molar-refractivity contribution in [2.75, 3.05) is 19.0 Å². The number of allylic oxidation sites excluding steroid dienone is 1. The molecular formula is C15H20BrN5O2. The van der Waals surface area contributed by atoms with Gasteiger partial charge < -0.3 is 14.8 Å². The largest absolute Gasteiger partial charge is 0.493 e. The first-order valence-corrected chi connectivity index (χ1v) is 8.09. The third-order valence-electron chi connectivity index (χ3n) is 3.07. The summed E-state index contributed by atoms with van der Waals surface area (Å²) >= 11 is 3.57. The summed E-state index contributed by atoms with van der Waals surface area (Å²) in [4.78, 5) is 0. The molecule has 0 spiro atoms. The molecule has 0 radical (unpaired) electrons. The topological polar surface area (TPSA) is 74.1 Å². The molecule has 1 heterocycles. The Kier molecular flexibility index (Phi) is 6.40. The number of aromatic nitrogens is 4. The SMILES string of the molecule is C=CCn1nnnc1NCc1cc(OC)c(OCCC)cc1Br. The van der Waals surface area contributed by atoms with Crippen LogP contribution in [0.25, 0.3) is 0 Å². The highest BCUT2D eigenvalue weighted by Gasteiger charge is 2.11. The molecule has 1 aromatic heterocycles. The molecule has 1 N–H and O–H groups in total. The third-order valence-corrected chi connectivity index (χ3v) is 3.80. The number of tetrazole rings is 1. The Morgan fingerprint density at radius 1 is 1.39 bits per heavy atom. The summed E-state index contributed by atoms with van der Waals surface area (Å²) in [6, 6.07) is 3.85. The van der Waals surface area contributed by atoms with Crippen molar-refractivity contribution in [3.63, 3.8) is 0 Å². The molecule has 124 valence electrons. The van der Waals surface area contributed by atoms with E-state index in [9.17, 15) is 0 Å². The van der Waals surface area contributed by atoms with E-state index in [2.05, 4.69) is 50.3 Å². The zero-order valence-corrected chi connectivity index (χ0v) is 14.8. The Labute approximate surface area is 143 Å². The lowest BCUT2D eigenvalue weighted by Gasteiger charge is -2.14. The van der Waals surface area contributed by atoms with Gasteiger partial charge in [0.25, 0.3) is 0 Å². The lowest BCUT2D eigenvalue weighted by molar-refractivity contribution is 0.294. The Balaban J connectivity index is 2.13. The monoisotopic (exact) mass is 381 g/mol. The van der Waals surface area contributed by atoms with Crippen LogP contribution < -0.4 is 14.8 Å². The fraction of sp³-hybridized carbons (Fsp3) is 0.400. The predicted octanol–water partition coefficient (Wildman–Crippen LogP) is 3.03. The van der Waals surface area contributed by atoms with E-state index in [4.69, 9.17) is 9.47 Å². The Bertz CT molecular complexity index is 659. The minimum Gasteiger partial charge on any atom is -0.493 e. The van der Waals surface area contributed by atoms with Gasteiger partial charge in [-0.2, -0.15) is 0 Å². The van der Waals surface area contributed by atoms with E-state index >= 15 is 0 Å². The van der Waals surface area contributed by atoms with Crippen molar-refractivity contribution in [1.29, 1.82) is 0 Å². The predicted molar refractivity (Wildman–Crippen MR) is 91.8 cm³/mol. The van der Waals surface area contributed by atoms with Gasteiger partial charge in [-0.05, 0) is 34.5 Å². The second-order valence-corrected chi connectivity index (χ2v) is 5.62. The highest BCUT2D eigenvalue weighted by Crippen LogP contribution is 2.34. The van der Waals surface area contributed by atoms with E-state index < -0.39 is 0 Å². The van der Waals surface area contributed by atoms with Crippen LogP contribution in [-0.2, 0) is 13.1 Å². The zero-order valence-electron chi connectivity index (χ0n) is 13.3. The standard InChI is InChI=1S/C15H20BrN5O2/c1-4-6-21-15(18-19-20-21)17-10-11-8-13(22-3)14(9-12(11)16)23-7-5-2/h4,8-9H,1,5-7,10H2,2-3H3,(H,17,18,20). The number of methoxy groups -OCH3 is 1. The average Bonchev–Trinajstić information content (AvgIpc) is 2.99. The van der Waals surface area contributed by atoms with Crippen LogP contribution in [0.4, 0.5) is 5.95 Å². The number of nitrogens with zero attached hydrogens (tertiary/aromatic N) is 4. The van der Waals surface area contributed by atoms with Gasteiger partial charge in [-0.3, -0.25) is 0 Å². The Morgan fingerprint density at radius 2 is 2.22 bits per heavy atom. The number of hydrogen-bond donors (Lipinski definition) is 1. The summed E-state index contributed by atoms with van der Waals surface area (Å²) in [5.41, 5.74) is 1.01. The maximum atomic E-state index is 5.69. The maximum Gasteiger partial charge on any atom is 0.243 e. The van der Waals surface area contributed by atoms with Gasteiger partial charge in [0.1, 0.15) is 0 Å². The molecule has 0 amide bonds. The molecule has 0 saturated carbocycles. The number of benzene rings is 1. The van der Waals surface area contributed by atoms with E-state index in [0.29, 0.717) is 31.4 Å². The zero-order chi connectivity index (χ0) is 16.7. The smallest absolute Gasteiger partial charge is 0.243 e. The summed E-state index contributed by atoms with van der Waals surface area (Å²) in [6.45, 7) is 7.49. The quantitative estimate of drug-likeness (QED) is 0.672. The van der Waals surface area contributed by atoms with E-state index in [1.165, 1.54) is 0 Å². The normalized spacial score (nSPS) is 10.4. The molecule has 0 atom stereocenters. The highest BCUT2D eigenvalue weighted by molar-refractivity contribution is 9.10. The molecule has 0 saturated heterocycles. The number of hydrogen-bond acceptors (Lipinski definition) is 6. The summed E-state index contributed by atoms with van der Waals surface area (Å²) in [7, 11) is 1.63. The molecular weight excluding hydrogens is 362 g/mol. The van der Waals surface area contributed by atoms with Gasteiger partial charge in [0.2, 0.25) is 5.95 Å². The molecule has 23 heavy (non-hydrogen) atoms. The van der Waals surface area contributed by atoms with Gasteiger partial charge in [-0.1, -0.05) is 34.0 Å². The van der Waals surface area contributed by atoms with Crippen molar-refractivity contribution in [3.8, 4) is 11.5 Å². The van der Waals surface area contributed by atoms with E-state index in [1.54, 1.807) is 17.9 Å². The Morgan fingerprint density at radius 3 is 2.91 bits per heavy atom. The molecule has 2 aromatic rings. The first kappa shape index (κ1) is 17.3. The van der Waals surface area contributed by atoms with Crippen LogP contribution in [0.5, 0.6) is 11.5 Å². The highest BCUT2D eigenvalue weighted by atomic mass is 79.9. The molecule has 0 bridgehead atoms. The Hall–Kier alpha value is -2.09. The van der Waals surface area contributed by atoms with Gasteiger partial charge in [0.15, 0.2) is 11.5 Å². The van der Waals surface area contributed by atoms with Crippen molar-refractivity contribution in [2.45, 2.75) is 26.4 Å². The molecule has 1 aromatic carbocycles. The maximum absolute atomic E-state index is 5.69. The van der Waals surface area contributed by atoms with Gasteiger partial charge in [0, 0.05) is 11.0 Å². The number of rotatable bonds is 9. The summed E-state index contributed by atoms with van der Waals surface area (Å²) in [6.07, 6.45) is 2.68. The van der Waals surface area contributed by atoms with Crippen LogP contribution in [0.2, 0.25) is 0 Å². The number of halogens is 1. The molecule has 0 aliphatic carbocycles. The van der Waals surface area contributed by atoms with E-state index in [0.717, 1.165) is 22.2 Å². The first-order chi connectivity index (χ1) is 11.2. The minimum absolute atomic E-state index is 0.544. The molecule has 8 heteroatoms. The lowest BCUT2D eigenvalue weighted by atomic mass is 10.2. The van der Waals surface area contributed by atoms with Crippen LogP contribution in [0.3, 0.4) is 0 Å². The molecule has 0 fully saturated rings. The fourth-order valence-electron chi connectivity index (χ4n) is 1.95. The molecule has 0 aliphatic rings. The van der Waals surface area contributed by atoms with E-state index in [1.807, 2.05) is 12.1 Å². The molecule has 7 nitrogen and oxygen atoms in total. The summed E-state index contributed by atoms with van der Waals surface area (Å²) in [5, 5.41) is 14.7. The molecule has 0 unspecified atom stereocenters. The summed E-state index contributed by atoms with van der Waals surface area (Å²) < 4.78 is 13.7. The van der Waals surface area contributed by atoms with Gasteiger partial charge in [-0.25, -0.2) is 4.68 Å². The number of nitrogens with one attached hydrogen (secondary N) is 1. The minimum atomic E-state index is 0.544. The lowest BCUT2D eigenvalue weighted by Crippen LogP contribution is -2.09. The van der Waals surface area contributed by atoms with Crippen molar-refractivity contribution >= 4 is 21.9 Å². The average molecular weight is 382 g/mol. The van der Waals surface area contributed by atoms with Gasteiger partial charge in [0.05, 0.1) is 20.3 Å². The second kappa shape index (κ2) is 8.52. The van der Waals surface area contributed by atoms with Crippen LogP contribution in [0, 0.1) is 0 Å².